The number of hydrogen-bond donors (Lipinski definition) is 0. The number of fused-ring (bicyclic) bond motifs is 1. The van der Waals surface area contributed by atoms with E-state index in [4.69, 9.17) is 9.47 Å². The molecule has 3 heterocycles. The van der Waals surface area contributed by atoms with Crippen molar-refractivity contribution in [1.82, 2.24) is 19.5 Å². The van der Waals surface area contributed by atoms with Crippen LogP contribution >= 0.6 is 0 Å². The monoisotopic (exact) mass is 462 g/mol. The predicted molar refractivity (Wildman–Crippen MR) is 114 cm³/mol. The van der Waals surface area contributed by atoms with Crippen LogP contribution in [0, 0.1) is 0 Å². The average Bonchev–Trinajstić information content (AvgIpc) is 3.25. The van der Waals surface area contributed by atoms with Gasteiger partial charge in [0, 0.05) is 25.2 Å². The van der Waals surface area contributed by atoms with Crippen molar-refractivity contribution in [1.29, 1.82) is 0 Å². The predicted octanol–water partition coefficient (Wildman–Crippen LogP) is 4.32. The molecule has 4 rings (SSSR count). The number of likely N-dealkylation sites (tertiary alicyclic amines) is 1. The summed E-state index contributed by atoms with van der Waals surface area (Å²) in [7, 11) is 0. The van der Waals surface area contributed by atoms with Crippen LogP contribution in [0.25, 0.3) is 5.65 Å². The van der Waals surface area contributed by atoms with Crippen molar-refractivity contribution >= 4 is 11.6 Å². The van der Waals surface area contributed by atoms with Crippen LogP contribution in [0.2, 0.25) is 0 Å². The third-order valence-electron chi connectivity index (χ3n) is 5.55. The molecule has 0 bridgehead atoms. The van der Waals surface area contributed by atoms with E-state index < -0.39 is 11.7 Å². The quantitative estimate of drug-likeness (QED) is 0.523. The largest absolute Gasteiger partial charge is 0.494 e. The SMILES string of the molecule is CCCOc1ccc(OCC(=O)N2CCCC(c3nnc4ccc(C(F)(F)F)cn34)C2)cc1. The molecule has 2 aromatic heterocycles. The molecule has 0 aliphatic carbocycles. The van der Waals surface area contributed by atoms with Crippen LogP contribution in [-0.4, -0.2) is 51.7 Å². The average molecular weight is 462 g/mol. The minimum Gasteiger partial charge on any atom is -0.494 e. The van der Waals surface area contributed by atoms with Crippen LogP contribution in [0.15, 0.2) is 42.6 Å². The molecule has 1 aromatic carbocycles. The fraction of sp³-hybridized carbons (Fsp3) is 0.435. The van der Waals surface area contributed by atoms with E-state index in [9.17, 15) is 18.0 Å². The number of nitrogens with zero attached hydrogens (tertiary/aromatic N) is 4. The van der Waals surface area contributed by atoms with E-state index in [2.05, 4.69) is 10.2 Å². The number of amides is 1. The van der Waals surface area contributed by atoms with Crippen molar-refractivity contribution in [3.8, 4) is 11.5 Å². The zero-order valence-corrected chi connectivity index (χ0v) is 18.2. The first-order chi connectivity index (χ1) is 15.8. The van der Waals surface area contributed by atoms with Crippen molar-refractivity contribution in [3.05, 3.63) is 54.0 Å². The Hall–Kier alpha value is -3.30. The number of hydrogen-bond acceptors (Lipinski definition) is 5. The minimum atomic E-state index is -4.46. The van der Waals surface area contributed by atoms with Crippen LogP contribution in [0.3, 0.4) is 0 Å². The Morgan fingerprint density at radius 2 is 1.82 bits per heavy atom. The Kier molecular flexibility index (Phi) is 6.71. The second-order valence-corrected chi connectivity index (χ2v) is 7.99. The lowest BCUT2D eigenvalue weighted by Crippen LogP contribution is -2.42. The maximum absolute atomic E-state index is 13.1. The van der Waals surface area contributed by atoms with Crippen LogP contribution in [-0.2, 0) is 11.0 Å². The number of halogens is 3. The third-order valence-corrected chi connectivity index (χ3v) is 5.55. The Balaban J connectivity index is 1.39. The van der Waals surface area contributed by atoms with Crippen molar-refractivity contribution in [2.75, 3.05) is 26.3 Å². The second kappa shape index (κ2) is 9.68. The van der Waals surface area contributed by atoms with E-state index in [1.165, 1.54) is 10.5 Å². The fourth-order valence-corrected chi connectivity index (χ4v) is 3.86. The molecule has 1 fully saturated rings. The van der Waals surface area contributed by atoms with Crippen LogP contribution in [0.5, 0.6) is 11.5 Å². The number of piperidine rings is 1. The van der Waals surface area contributed by atoms with E-state index >= 15 is 0 Å². The molecule has 176 valence electrons. The summed E-state index contributed by atoms with van der Waals surface area (Å²) in [6, 6.07) is 9.37. The molecule has 1 saturated heterocycles. The molecule has 1 atom stereocenters. The lowest BCUT2D eigenvalue weighted by Gasteiger charge is -2.32. The number of carbonyl (C=O) groups is 1. The van der Waals surface area contributed by atoms with Crippen LogP contribution in [0.1, 0.15) is 43.5 Å². The summed E-state index contributed by atoms with van der Waals surface area (Å²) in [4.78, 5) is 14.4. The highest BCUT2D eigenvalue weighted by Crippen LogP contribution is 2.31. The molecule has 33 heavy (non-hydrogen) atoms. The van der Waals surface area contributed by atoms with E-state index in [1.807, 2.05) is 6.92 Å². The van der Waals surface area contributed by atoms with E-state index in [0.717, 1.165) is 24.4 Å². The molecule has 3 aromatic rings. The third kappa shape index (κ3) is 5.37. The van der Waals surface area contributed by atoms with Gasteiger partial charge in [-0.2, -0.15) is 13.2 Å². The first kappa shape index (κ1) is 22.9. The van der Waals surface area contributed by atoms with E-state index in [0.29, 0.717) is 49.8 Å². The van der Waals surface area contributed by atoms with Gasteiger partial charge < -0.3 is 14.4 Å². The van der Waals surface area contributed by atoms with Crippen molar-refractivity contribution < 1.29 is 27.4 Å². The lowest BCUT2D eigenvalue weighted by molar-refractivity contribution is -0.138. The zero-order chi connectivity index (χ0) is 23.4. The number of ether oxygens (including phenoxy) is 2. The van der Waals surface area contributed by atoms with Gasteiger partial charge in [-0.1, -0.05) is 6.92 Å². The summed E-state index contributed by atoms with van der Waals surface area (Å²) in [5.74, 6) is 1.33. The second-order valence-electron chi connectivity index (χ2n) is 7.99. The number of pyridine rings is 1. The summed E-state index contributed by atoms with van der Waals surface area (Å²) in [5, 5.41) is 8.12. The molecule has 1 aliphatic heterocycles. The smallest absolute Gasteiger partial charge is 0.417 e. The molecule has 1 aliphatic rings. The summed E-state index contributed by atoms with van der Waals surface area (Å²) in [6.07, 6.45) is -1.10. The molecule has 0 N–H and O–H groups in total. The highest BCUT2D eigenvalue weighted by molar-refractivity contribution is 5.78. The van der Waals surface area contributed by atoms with Crippen molar-refractivity contribution in [2.45, 2.75) is 38.3 Å². The molecule has 10 heteroatoms. The summed E-state index contributed by atoms with van der Waals surface area (Å²) in [5.41, 5.74) is -0.421. The summed E-state index contributed by atoms with van der Waals surface area (Å²) in [6.45, 7) is 3.45. The van der Waals surface area contributed by atoms with Crippen molar-refractivity contribution in [3.63, 3.8) is 0 Å². The Labute approximate surface area is 189 Å². The van der Waals surface area contributed by atoms with Gasteiger partial charge in [-0.3, -0.25) is 9.20 Å². The topological polar surface area (TPSA) is 69.0 Å². The molecule has 1 amide bonds. The summed E-state index contributed by atoms with van der Waals surface area (Å²) < 4.78 is 51.9. The molecule has 0 radical (unpaired) electrons. The standard InChI is InChI=1S/C23H25F3N4O3/c1-2-12-32-18-6-8-19(9-7-18)33-15-21(31)29-11-3-4-16(13-29)22-28-27-20-10-5-17(14-30(20)22)23(24,25)26/h5-10,14,16H,2-4,11-13,15H2,1H3. The first-order valence-corrected chi connectivity index (χ1v) is 10.9. The number of carbonyl (C=O) groups excluding carboxylic acids is 1. The van der Waals surface area contributed by atoms with Gasteiger partial charge in [0.05, 0.1) is 12.2 Å². The van der Waals surface area contributed by atoms with Gasteiger partial charge >= 0.3 is 6.18 Å². The van der Waals surface area contributed by atoms with Gasteiger partial charge in [-0.25, -0.2) is 0 Å². The van der Waals surface area contributed by atoms with Gasteiger partial charge in [0.25, 0.3) is 5.91 Å². The Bertz CT molecular complexity index is 1100. The zero-order valence-electron chi connectivity index (χ0n) is 18.2. The minimum absolute atomic E-state index is 0.124. The molecule has 1 unspecified atom stereocenters. The maximum Gasteiger partial charge on any atom is 0.417 e. The van der Waals surface area contributed by atoms with Gasteiger partial charge in [0.15, 0.2) is 12.3 Å². The van der Waals surface area contributed by atoms with E-state index in [1.54, 1.807) is 29.2 Å². The highest BCUT2D eigenvalue weighted by Gasteiger charge is 2.32. The molecular weight excluding hydrogens is 437 g/mol. The highest BCUT2D eigenvalue weighted by atomic mass is 19.4. The molecule has 0 spiro atoms. The number of aromatic nitrogens is 3. The van der Waals surface area contributed by atoms with Gasteiger partial charge in [-0.05, 0) is 55.7 Å². The fourth-order valence-electron chi connectivity index (χ4n) is 3.86. The molecule has 7 nitrogen and oxygen atoms in total. The lowest BCUT2D eigenvalue weighted by atomic mass is 9.97. The van der Waals surface area contributed by atoms with Gasteiger partial charge in [0.2, 0.25) is 0 Å². The Morgan fingerprint density at radius 3 is 2.52 bits per heavy atom. The number of benzene rings is 1. The first-order valence-electron chi connectivity index (χ1n) is 10.9. The number of rotatable bonds is 7. The van der Waals surface area contributed by atoms with Crippen molar-refractivity contribution in [2.24, 2.45) is 0 Å². The molecule has 0 saturated carbocycles. The van der Waals surface area contributed by atoms with Crippen LogP contribution < -0.4 is 9.47 Å². The summed E-state index contributed by atoms with van der Waals surface area (Å²) >= 11 is 0. The van der Waals surface area contributed by atoms with E-state index in [-0.39, 0.29) is 18.4 Å². The number of alkyl halides is 3. The van der Waals surface area contributed by atoms with Gasteiger partial charge in [-0.15, -0.1) is 10.2 Å². The molecular formula is C23H25F3N4O3. The van der Waals surface area contributed by atoms with Gasteiger partial charge in [0.1, 0.15) is 17.3 Å². The maximum atomic E-state index is 13.1. The Morgan fingerprint density at radius 1 is 1.09 bits per heavy atom. The van der Waals surface area contributed by atoms with Crippen LogP contribution in [0.4, 0.5) is 13.2 Å². The normalized spacial score (nSPS) is 16.7.